The molecule has 260 valence electrons. The smallest absolute Gasteiger partial charge is 0.322 e. The number of aromatic amines is 1. The number of anilines is 2. The molecule has 4 amide bonds. The molecule has 51 heavy (non-hydrogen) atoms. The molecule has 0 spiro atoms. The standard InChI is InChI=1S/C41H42N6O4/c48-37(22-18-28-10-3-1-4-11-28)35-16-8-25-47(35)41(51)43-31-15-7-14-30(26-31)39-44-33-21-20-32(27-34(33)45-39)42-40(50)36-17-9-24-46(36)38(49)23-19-29-12-5-2-6-13-29/h1-7,10-15,20-21,26-27,35-36H,8-9,16-19,22-25H2,(H,42,50)(H,43,51)(H,44,45)/t35?,36-/m0/s1. The summed E-state index contributed by atoms with van der Waals surface area (Å²) in [5, 5.41) is 5.99. The lowest BCUT2D eigenvalue weighted by atomic mass is 10.0. The Balaban J connectivity index is 0.967. The second-order valence-electron chi connectivity index (χ2n) is 13.4. The topological polar surface area (TPSA) is 128 Å². The number of fused-ring (bicyclic) bond motifs is 1. The molecule has 2 aliphatic rings. The third-order valence-corrected chi connectivity index (χ3v) is 9.87. The first-order chi connectivity index (χ1) is 24.9. The molecule has 0 aliphatic carbocycles. The van der Waals surface area contributed by atoms with Crippen LogP contribution in [-0.2, 0) is 27.2 Å². The van der Waals surface area contributed by atoms with Crippen molar-refractivity contribution in [3.05, 3.63) is 114 Å². The molecule has 2 fully saturated rings. The zero-order chi connectivity index (χ0) is 35.2. The highest BCUT2D eigenvalue weighted by atomic mass is 16.2. The van der Waals surface area contributed by atoms with E-state index in [1.54, 1.807) is 9.80 Å². The zero-order valence-electron chi connectivity index (χ0n) is 28.5. The number of hydrogen-bond donors (Lipinski definition) is 3. The van der Waals surface area contributed by atoms with Gasteiger partial charge in [-0.1, -0.05) is 72.8 Å². The van der Waals surface area contributed by atoms with Gasteiger partial charge in [0.25, 0.3) is 0 Å². The van der Waals surface area contributed by atoms with E-state index >= 15 is 0 Å². The van der Waals surface area contributed by atoms with Gasteiger partial charge in [-0.3, -0.25) is 14.4 Å². The molecule has 0 bridgehead atoms. The number of benzene rings is 4. The number of ketones is 1. The number of H-pyrrole nitrogens is 1. The van der Waals surface area contributed by atoms with Gasteiger partial charge in [0.15, 0.2) is 5.78 Å². The highest BCUT2D eigenvalue weighted by Gasteiger charge is 2.35. The average Bonchev–Trinajstić information content (AvgIpc) is 3.94. The lowest BCUT2D eigenvalue weighted by molar-refractivity contribution is -0.136. The Morgan fingerprint density at radius 2 is 1.35 bits per heavy atom. The van der Waals surface area contributed by atoms with E-state index in [4.69, 9.17) is 4.98 Å². The number of imidazole rings is 1. The van der Waals surface area contributed by atoms with Crippen LogP contribution in [0.25, 0.3) is 22.4 Å². The largest absolute Gasteiger partial charge is 0.338 e. The molecule has 7 rings (SSSR count). The SMILES string of the molecule is O=C(CCc1ccccc1)C1CCCN1C(=O)Nc1cccc(-c2nc3cc(NC(=O)[C@@H]4CCCN4C(=O)CCc4ccccc4)ccc3[nH]2)c1. The van der Waals surface area contributed by atoms with Crippen LogP contribution >= 0.6 is 0 Å². The first-order valence-corrected chi connectivity index (χ1v) is 17.8. The molecule has 5 aromatic rings. The minimum Gasteiger partial charge on any atom is -0.338 e. The Hall–Kier alpha value is -5.77. The number of nitrogens with zero attached hydrogens (tertiary/aromatic N) is 3. The number of likely N-dealkylation sites (tertiary alicyclic amines) is 2. The summed E-state index contributed by atoms with van der Waals surface area (Å²) in [5.41, 5.74) is 5.68. The minimum absolute atomic E-state index is 0.00473. The number of aromatic nitrogens is 2. The number of amides is 4. The van der Waals surface area contributed by atoms with Crippen LogP contribution in [0.1, 0.15) is 49.7 Å². The van der Waals surface area contributed by atoms with Gasteiger partial charge in [0.1, 0.15) is 11.9 Å². The molecular formula is C41H42N6O4. The van der Waals surface area contributed by atoms with Crippen LogP contribution in [0.3, 0.4) is 0 Å². The summed E-state index contributed by atoms with van der Waals surface area (Å²) in [6.07, 6.45) is 4.97. The molecule has 4 aromatic carbocycles. The van der Waals surface area contributed by atoms with Crippen molar-refractivity contribution >= 4 is 46.0 Å². The summed E-state index contributed by atoms with van der Waals surface area (Å²) >= 11 is 0. The van der Waals surface area contributed by atoms with Crippen LogP contribution in [0.5, 0.6) is 0 Å². The molecule has 2 aliphatic heterocycles. The maximum absolute atomic E-state index is 13.3. The Kier molecular flexibility index (Phi) is 10.2. The Morgan fingerprint density at radius 3 is 2.10 bits per heavy atom. The number of nitrogens with one attached hydrogen (secondary N) is 3. The molecule has 10 heteroatoms. The Morgan fingerprint density at radius 1 is 0.686 bits per heavy atom. The number of urea groups is 1. The Bertz CT molecular complexity index is 2030. The van der Waals surface area contributed by atoms with Gasteiger partial charge >= 0.3 is 6.03 Å². The van der Waals surface area contributed by atoms with E-state index in [-0.39, 0.29) is 23.6 Å². The summed E-state index contributed by atoms with van der Waals surface area (Å²) in [6, 6.07) is 31.6. The lowest BCUT2D eigenvalue weighted by Crippen LogP contribution is -2.43. The lowest BCUT2D eigenvalue weighted by Gasteiger charge is -2.24. The van der Waals surface area contributed by atoms with Gasteiger partial charge in [0.05, 0.1) is 17.1 Å². The van der Waals surface area contributed by atoms with Crippen molar-refractivity contribution in [3.63, 3.8) is 0 Å². The third-order valence-electron chi connectivity index (χ3n) is 9.87. The van der Waals surface area contributed by atoms with Gasteiger partial charge in [0, 0.05) is 42.9 Å². The highest BCUT2D eigenvalue weighted by Crippen LogP contribution is 2.27. The monoisotopic (exact) mass is 682 g/mol. The van der Waals surface area contributed by atoms with Crippen molar-refractivity contribution in [2.45, 2.75) is 63.5 Å². The fraction of sp³-hybridized carbons (Fsp3) is 0.293. The van der Waals surface area contributed by atoms with Gasteiger partial charge in [-0.05, 0) is 80.0 Å². The summed E-state index contributed by atoms with van der Waals surface area (Å²) in [6.45, 7) is 1.12. The van der Waals surface area contributed by atoms with Gasteiger partial charge in [-0.15, -0.1) is 0 Å². The van der Waals surface area contributed by atoms with E-state index in [1.807, 2.05) is 103 Å². The predicted octanol–water partition coefficient (Wildman–Crippen LogP) is 6.99. The second kappa shape index (κ2) is 15.4. The van der Waals surface area contributed by atoms with E-state index in [0.717, 1.165) is 35.0 Å². The van der Waals surface area contributed by atoms with Crippen LogP contribution in [0.15, 0.2) is 103 Å². The third kappa shape index (κ3) is 8.01. The van der Waals surface area contributed by atoms with E-state index < -0.39 is 12.1 Å². The molecule has 10 nitrogen and oxygen atoms in total. The van der Waals surface area contributed by atoms with E-state index in [1.165, 1.54) is 0 Å². The molecule has 1 aromatic heterocycles. The molecule has 2 saturated heterocycles. The molecule has 0 saturated carbocycles. The zero-order valence-corrected chi connectivity index (χ0v) is 28.5. The first kappa shape index (κ1) is 33.7. The maximum atomic E-state index is 13.3. The van der Waals surface area contributed by atoms with Crippen LogP contribution in [0.2, 0.25) is 0 Å². The van der Waals surface area contributed by atoms with Crippen molar-refractivity contribution < 1.29 is 19.2 Å². The fourth-order valence-electron chi connectivity index (χ4n) is 7.19. The normalized spacial score (nSPS) is 17.1. The van der Waals surface area contributed by atoms with Crippen molar-refractivity contribution in [1.29, 1.82) is 0 Å². The average molecular weight is 683 g/mol. The summed E-state index contributed by atoms with van der Waals surface area (Å²) < 4.78 is 0. The summed E-state index contributed by atoms with van der Waals surface area (Å²) in [7, 11) is 0. The van der Waals surface area contributed by atoms with Crippen molar-refractivity contribution in [1.82, 2.24) is 19.8 Å². The number of carbonyl (C=O) groups excluding carboxylic acids is 4. The fourth-order valence-corrected chi connectivity index (χ4v) is 7.19. The molecule has 1 unspecified atom stereocenters. The van der Waals surface area contributed by atoms with E-state index in [2.05, 4.69) is 15.6 Å². The predicted molar refractivity (Wildman–Crippen MR) is 198 cm³/mol. The van der Waals surface area contributed by atoms with Crippen LogP contribution in [0.4, 0.5) is 16.2 Å². The van der Waals surface area contributed by atoms with Crippen molar-refractivity contribution in [2.24, 2.45) is 0 Å². The summed E-state index contributed by atoms with van der Waals surface area (Å²) in [5.74, 6) is 0.504. The highest BCUT2D eigenvalue weighted by molar-refractivity contribution is 5.99. The van der Waals surface area contributed by atoms with Crippen molar-refractivity contribution in [3.8, 4) is 11.4 Å². The Labute approximate surface area is 297 Å². The number of rotatable bonds is 11. The second-order valence-corrected chi connectivity index (χ2v) is 13.4. The number of carbonyl (C=O) groups is 4. The number of Topliss-reactive ketones (excluding diaryl/α,β-unsaturated/α-hetero) is 1. The first-order valence-electron chi connectivity index (χ1n) is 17.8. The van der Waals surface area contributed by atoms with Gasteiger partial charge in [0.2, 0.25) is 11.8 Å². The van der Waals surface area contributed by atoms with Gasteiger partial charge in [-0.25, -0.2) is 9.78 Å². The van der Waals surface area contributed by atoms with E-state index in [0.29, 0.717) is 74.3 Å². The minimum atomic E-state index is -0.500. The van der Waals surface area contributed by atoms with Crippen molar-refractivity contribution in [2.75, 3.05) is 23.7 Å². The number of aryl methyl sites for hydroxylation is 2. The van der Waals surface area contributed by atoms with Crippen LogP contribution < -0.4 is 10.6 Å². The quantitative estimate of drug-likeness (QED) is 0.138. The van der Waals surface area contributed by atoms with Gasteiger partial charge < -0.3 is 25.4 Å². The van der Waals surface area contributed by atoms with Crippen LogP contribution in [0, 0.1) is 0 Å². The number of hydrogen-bond acceptors (Lipinski definition) is 5. The molecule has 0 radical (unpaired) electrons. The van der Waals surface area contributed by atoms with Gasteiger partial charge in [-0.2, -0.15) is 0 Å². The van der Waals surface area contributed by atoms with E-state index in [9.17, 15) is 19.2 Å². The molecular weight excluding hydrogens is 640 g/mol. The molecule has 3 N–H and O–H groups in total. The summed E-state index contributed by atoms with van der Waals surface area (Å²) in [4.78, 5) is 64.3. The van der Waals surface area contributed by atoms with Crippen LogP contribution in [-0.4, -0.2) is 68.6 Å². The maximum Gasteiger partial charge on any atom is 0.322 e. The molecule has 3 heterocycles. The molecule has 2 atom stereocenters.